The van der Waals surface area contributed by atoms with Crippen LogP contribution < -0.4 is 5.43 Å². The molecule has 2 aromatic rings. The van der Waals surface area contributed by atoms with E-state index in [4.69, 9.17) is 16.0 Å². The van der Waals surface area contributed by atoms with Crippen molar-refractivity contribution in [2.24, 2.45) is 0 Å². The van der Waals surface area contributed by atoms with Gasteiger partial charge in [0.15, 0.2) is 5.43 Å². The highest BCUT2D eigenvalue weighted by Crippen LogP contribution is 2.13. The third-order valence-electron chi connectivity index (χ3n) is 2.27. The quantitative estimate of drug-likeness (QED) is 0.762. The van der Waals surface area contributed by atoms with E-state index >= 15 is 0 Å². The van der Waals surface area contributed by atoms with E-state index in [1.807, 2.05) is 24.3 Å². The molecule has 0 saturated carbocycles. The van der Waals surface area contributed by atoms with Gasteiger partial charge in [0.05, 0.1) is 11.6 Å². The Morgan fingerprint density at radius 1 is 1.31 bits per heavy atom. The molecule has 0 amide bonds. The van der Waals surface area contributed by atoms with Gasteiger partial charge in [-0.3, -0.25) is 4.79 Å². The Morgan fingerprint density at radius 2 is 2.19 bits per heavy atom. The first kappa shape index (κ1) is 11.0. The van der Waals surface area contributed by atoms with Gasteiger partial charge in [-0.1, -0.05) is 18.2 Å². The van der Waals surface area contributed by atoms with Gasteiger partial charge in [0.1, 0.15) is 5.58 Å². The Kier molecular flexibility index (Phi) is 3.42. The molecule has 1 aromatic carbocycles. The second-order valence-electron chi connectivity index (χ2n) is 3.42. The van der Waals surface area contributed by atoms with Crippen LogP contribution in [0.2, 0.25) is 0 Å². The Morgan fingerprint density at radius 3 is 3.00 bits per heavy atom. The lowest BCUT2D eigenvalue weighted by Gasteiger charge is -1.97. The zero-order chi connectivity index (χ0) is 11.4. The normalized spacial score (nSPS) is 11.3. The van der Waals surface area contributed by atoms with Crippen LogP contribution in [0.15, 0.2) is 45.8 Å². The number of hydrogen-bond donors (Lipinski definition) is 0. The fourth-order valence-corrected chi connectivity index (χ4v) is 1.61. The fourth-order valence-electron chi connectivity index (χ4n) is 1.49. The molecule has 0 aliphatic rings. The van der Waals surface area contributed by atoms with Crippen molar-refractivity contribution in [2.75, 3.05) is 5.88 Å². The summed E-state index contributed by atoms with van der Waals surface area (Å²) in [4.78, 5) is 11.6. The molecular formula is C13H11ClO2. The van der Waals surface area contributed by atoms with Crippen molar-refractivity contribution in [3.63, 3.8) is 0 Å². The second kappa shape index (κ2) is 4.99. The summed E-state index contributed by atoms with van der Waals surface area (Å²) in [7, 11) is 0. The molecule has 0 aliphatic carbocycles. The number of benzene rings is 1. The lowest BCUT2D eigenvalue weighted by molar-refractivity contribution is 0.602. The largest absolute Gasteiger partial charge is 0.464 e. The van der Waals surface area contributed by atoms with Crippen LogP contribution in [-0.2, 0) is 0 Å². The molecule has 0 radical (unpaired) electrons. The van der Waals surface area contributed by atoms with Crippen molar-refractivity contribution < 1.29 is 4.42 Å². The van der Waals surface area contributed by atoms with Crippen LogP contribution in [0.25, 0.3) is 17.0 Å². The third-order valence-corrected chi connectivity index (χ3v) is 2.49. The van der Waals surface area contributed by atoms with Gasteiger partial charge >= 0.3 is 0 Å². The van der Waals surface area contributed by atoms with E-state index in [-0.39, 0.29) is 5.43 Å². The predicted molar refractivity (Wildman–Crippen MR) is 66.9 cm³/mol. The summed E-state index contributed by atoms with van der Waals surface area (Å²) in [6.07, 6.45) is 6.17. The zero-order valence-electron chi connectivity index (χ0n) is 8.65. The van der Waals surface area contributed by atoms with Gasteiger partial charge in [-0.05, 0) is 24.1 Å². The first-order chi connectivity index (χ1) is 7.81. The predicted octanol–water partition coefficient (Wildman–Crippen LogP) is 3.44. The van der Waals surface area contributed by atoms with Crippen molar-refractivity contribution in [3.05, 3.63) is 52.4 Å². The first-order valence-corrected chi connectivity index (χ1v) is 5.59. The summed E-state index contributed by atoms with van der Waals surface area (Å²) in [5, 5.41) is 0.607. The first-order valence-electron chi connectivity index (χ1n) is 5.05. The van der Waals surface area contributed by atoms with E-state index in [9.17, 15) is 4.79 Å². The average Bonchev–Trinajstić information content (AvgIpc) is 2.30. The summed E-state index contributed by atoms with van der Waals surface area (Å²) < 4.78 is 5.23. The summed E-state index contributed by atoms with van der Waals surface area (Å²) in [6.45, 7) is 0. The van der Waals surface area contributed by atoms with Gasteiger partial charge < -0.3 is 4.42 Å². The van der Waals surface area contributed by atoms with Crippen molar-refractivity contribution in [2.45, 2.75) is 6.42 Å². The summed E-state index contributed by atoms with van der Waals surface area (Å²) in [5.74, 6) is 0.603. The standard InChI is InChI=1S/C13H11ClO2/c14-7-2-1-3-10-4-5-13-11(9-10)12(15)6-8-16-13/h1,3-6,8-9H,2,7H2. The maximum atomic E-state index is 11.6. The van der Waals surface area contributed by atoms with Crippen LogP contribution >= 0.6 is 11.6 Å². The van der Waals surface area contributed by atoms with Gasteiger partial charge in [-0.2, -0.15) is 0 Å². The van der Waals surface area contributed by atoms with E-state index in [1.54, 1.807) is 6.07 Å². The molecule has 1 heterocycles. The molecule has 0 fully saturated rings. The number of hydrogen-bond acceptors (Lipinski definition) is 2. The van der Waals surface area contributed by atoms with Crippen molar-refractivity contribution in [1.82, 2.24) is 0 Å². The molecule has 82 valence electrons. The molecule has 0 atom stereocenters. The average molecular weight is 235 g/mol. The Labute approximate surface area is 98.2 Å². The highest BCUT2D eigenvalue weighted by molar-refractivity contribution is 6.17. The van der Waals surface area contributed by atoms with E-state index in [1.165, 1.54) is 12.3 Å². The monoisotopic (exact) mass is 234 g/mol. The maximum Gasteiger partial charge on any atom is 0.192 e. The topological polar surface area (TPSA) is 30.2 Å². The number of halogens is 1. The third kappa shape index (κ3) is 2.34. The highest BCUT2D eigenvalue weighted by atomic mass is 35.5. The molecule has 0 saturated heterocycles. The number of alkyl halides is 1. The Hall–Kier alpha value is -1.54. The molecule has 0 spiro atoms. The van der Waals surface area contributed by atoms with Crippen LogP contribution in [0.3, 0.4) is 0 Å². The van der Waals surface area contributed by atoms with Gasteiger partial charge in [0.25, 0.3) is 0 Å². The van der Waals surface area contributed by atoms with Crippen molar-refractivity contribution >= 4 is 28.6 Å². The maximum absolute atomic E-state index is 11.6. The minimum Gasteiger partial charge on any atom is -0.464 e. The Bertz CT molecular complexity index is 569. The molecule has 2 nitrogen and oxygen atoms in total. The Balaban J connectivity index is 2.43. The minimum atomic E-state index is -0.0196. The van der Waals surface area contributed by atoms with E-state index in [2.05, 4.69) is 0 Å². The number of allylic oxidation sites excluding steroid dienone is 1. The van der Waals surface area contributed by atoms with Crippen LogP contribution in [0.5, 0.6) is 0 Å². The smallest absolute Gasteiger partial charge is 0.192 e. The van der Waals surface area contributed by atoms with Crippen LogP contribution in [0.1, 0.15) is 12.0 Å². The van der Waals surface area contributed by atoms with Crippen molar-refractivity contribution in [1.29, 1.82) is 0 Å². The molecule has 16 heavy (non-hydrogen) atoms. The highest BCUT2D eigenvalue weighted by Gasteiger charge is 1.99. The minimum absolute atomic E-state index is 0.0196. The molecule has 0 aliphatic heterocycles. The summed E-state index contributed by atoms with van der Waals surface area (Å²) in [6, 6.07) is 6.97. The van der Waals surface area contributed by atoms with Gasteiger partial charge in [-0.15, -0.1) is 11.6 Å². The molecular weight excluding hydrogens is 224 g/mol. The summed E-state index contributed by atoms with van der Waals surface area (Å²) in [5.41, 5.74) is 1.58. The van der Waals surface area contributed by atoms with Crippen LogP contribution in [0, 0.1) is 0 Å². The molecule has 1 aromatic heterocycles. The van der Waals surface area contributed by atoms with Crippen LogP contribution in [0.4, 0.5) is 0 Å². The molecule has 3 heteroatoms. The molecule has 0 bridgehead atoms. The van der Waals surface area contributed by atoms with E-state index in [0.717, 1.165) is 12.0 Å². The zero-order valence-corrected chi connectivity index (χ0v) is 9.41. The second-order valence-corrected chi connectivity index (χ2v) is 3.80. The van der Waals surface area contributed by atoms with Crippen molar-refractivity contribution in [3.8, 4) is 0 Å². The van der Waals surface area contributed by atoms with Gasteiger partial charge in [0.2, 0.25) is 0 Å². The van der Waals surface area contributed by atoms with E-state index < -0.39 is 0 Å². The SMILES string of the molecule is O=c1ccoc2ccc(C=CCCCl)cc12. The van der Waals surface area contributed by atoms with Gasteiger partial charge in [-0.25, -0.2) is 0 Å². The van der Waals surface area contributed by atoms with Crippen LogP contribution in [-0.4, -0.2) is 5.88 Å². The lowest BCUT2D eigenvalue weighted by atomic mass is 10.1. The fraction of sp³-hybridized carbons (Fsp3) is 0.154. The summed E-state index contributed by atoms with van der Waals surface area (Å²) >= 11 is 5.57. The number of fused-ring (bicyclic) bond motifs is 1. The molecule has 0 unspecified atom stereocenters. The van der Waals surface area contributed by atoms with E-state index in [0.29, 0.717) is 16.8 Å². The lowest BCUT2D eigenvalue weighted by Crippen LogP contribution is -1.97. The van der Waals surface area contributed by atoms with Gasteiger partial charge in [0, 0.05) is 11.9 Å². The molecule has 2 rings (SSSR count). The number of rotatable bonds is 3. The molecule has 0 N–H and O–H groups in total.